The summed E-state index contributed by atoms with van der Waals surface area (Å²) >= 11 is 0. The number of rotatable bonds is 12. The third kappa shape index (κ3) is 9.02. The summed E-state index contributed by atoms with van der Waals surface area (Å²) in [6, 6.07) is 103. The molecule has 0 saturated heterocycles. The summed E-state index contributed by atoms with van der Waals surface area (Å²) in [5.41, 5.74) is 18.3. The summed E-state index contributed by atoms with van der Waals surface area (Å²) in [6.45, 7) is 0. The van der Waals surface area contributed by atoms with E-state index in [0.29, 0.717) is 17.5 Å². The number of hydrogen-bond acceptors (Lipinski definition) is 4. The molecule has 73 heavy (non-hydrogen) atoms. The van der Waals surface area contributed by atoms with E-state index >= 15 is 0 Å². The van der Waals surface area contributed by atoms with Crippen LogP contribution in [0.1, 0.15) is 0 Å². The summed E-state index contributed by atoms with van der Waals surface area (Å²) in [5.74, 6) is 1.69. The largest absolute Gasteiger partial charge is 0.309 e. The molecule has 344 valence electrons. The number of anilines is 3. The van der Waals surface area contributed by atoms with Gasteiger partial charge in [0.05, 0.1) is 11.3 Å². The lowest BCUT2D eigenvalue weighted by atomic mass is 9.78. The Morgan fingerprint density at radius 1 is 0.192 bits per heavy atom. The molecule has 0 atom stereocenters. The van der Waals surface area contributed by atoms with Gasteiger partial charge in [0.1, 0.15) is 0 Å². The van der Waals surface area contributed by atoms with Crippen LogP contribution >= 0.6 is 0 Å². The third-order valence-corrected chi connectivity index (χ3v) is 13.3. The first kappa shape index (κ1) is 44.4. The van der Waals surface area contributed by atoms with Gasteiger partial charge in [-0.1, -0.05) is 267 Å². The zero-order valence-electron chi connectivity index (χ0n) is 40.0. The van der Waals surface area contributed by atoms with E-state index in [1.54, 1.807) is 0 Å². The van der Waals surface area contributed by atoms with Crippen LogP contribution in [0.2, 0.25) is 0 Å². The molecule has 11 aromatic carbocycles. The van der Waals surface area contributed by atoms with Crippen molar-refractivity contribution in [1.82, 2.24) is 15.0 Å². The van der Waals surface area contributed by atoms with Crippen molar-refractivity contribution in [3.8, 4) is 101 Å². The maximum absolute atomic E-state index is 5.67. The molecule has 0 unspecified atom stereocenters. The van der Waals surface area contributed by atoms with Gasteiger partial charge in [-0.2, -0.15) is 0 Å². The highest BCUT2D eigenvalue weighted by Gasteiger charge is 2.34. The average molecular weight is 933 g/mol. The second-order valence-corrected chi connectivity index (χ2v) is 17.9. The third-order valence-electron chi connectivity index (χ3n) is 13.3. The first-order chi connectivity index (χ1) is 36.2. The first-order valence-electron chi connectivity index (χ1n) is 24.7. The molecule has 4 nitrogen and oxygen atoms in total. The molecule has 0 radical (unpaired) electrons. The SMILES string of the molecule is c1ccc(-c2cccc(N(c3cccc(-c4ccccc4)c3)c3c(-c4ccccc4)c(-c4ccccc4)c(-c4ccccc4)c(-c4ccccc4)c3-c3nc(-c4ccccc4)nc(-c4ccccc4)n3)c2)cc1. The van der Waals surface area contributed by atoms with Crippen LogP contribution in [-0.4, -0.2) is 15.0 Å². The predicted octanol–water partition coefficient (Wildman–Crippen LogP) is 18.3. The Labute approximate surface area is 426 Å². The van der Waals surface area contributed by atoms with Crippen molar-refractivity contribution in [2.75, 3.05) is 4.90 Å². The van der Waals surface area contributed by atoms with Gasteiger partial charge in [-0.15, -0.1) is 0 Å². The lowest BCUT2D eigenvalue weighted by Gasteiger charge is -2.35. The molecule has 0 fully saturated rings. The lowest BCUT2D eigenvalue weighted by Crippen LogP contribution is -2.16. The Kier molecular flexibility index (Phi) is 12.4. The van der Waals surface area contributed by atoms with Crippen LogP contribution in [0.5, 0.6) is 0 Å². The molecule has 0 aliphatic heterocycles. The highest BCUT2D eigenvalue weighted by molar-refractivity contribution is 6.15. The van der Waals surface area contributed by atoms with E-state index in [1.807, 2.05) is 36.4 Å². The van der Waals surface area contributed by atoms with Gasteiger partial charge in [-0.3, -0.25) is 0 Å². The molecule has 0 bridgehead atoms. The van der Waals surface area contributed by atoms with Crippen molar-refractivity contribution >= 4 is 17.1 Å². The number of nitrogens with zero attached hydrogens (tertiary/aromatic N) is 4. The maximum Gasteiger partial charge on any atom is 0.166 e. The summed E-state index contributed by atoms with van der Waals surface area (Å²) in [6.07, 6.45) is 0. The summed E-state index contributed by atoms with van der Waals surface area (Å²) in [7, 11) is 0. The fourth-order valence-corrected chi connectivity index (χ4v) is 9.98. The molecule has 0 aliphatic carbocycles. The molecule has 1 heterocycles. The van der Waals surface area contributed by atoms with Crippen molar-refractivity contribution in [2.24, 2.45) is 0 Å². The van der Waals surface area contributed by atoms with E-state index in [1.165, 1.54) is 0 Å². The molecule has 12 aromatic rings. The zero-order valence-corrected chi connectivity index (χ0v) is 40.0. The van der Waals surface area contributed by atoms with Crippen molar-refractivity contribution in [3.63, 3.8) is 0 Å². The normalized spacial score (nSPS) is 11.0. The average Bonchev–Trinajstić information content (AvgIpc) is 3.48. The van der Waals surface area contributed by atoms with E-state index in [9.17, 15) is 0 Å². The van der Waals surface area contributed by atoms with Crippen molar-refractivity contribution in [3.05, 3.63) is 291 Å². The second kappa shape index (κ2) is 20.3. The van der Waals surface area contributed by atoms with Crippen LogP contribution in [0, 0.1) is 0 Å². The quantitative estimate of drug-likeness (QED) is 0.122. The molecular formula is C69H48N4. The van der Waals surface area contributed by atoms with Gasteiger partial charge in [0.2, 0.25) is 0 Å². The molecule has 1 aromatic heterocycles. The van der Waals surface area contributed by atoms with E-state index in [4.69, 9.17) is 15.0 Å². The summed E-state index contributed by atoms with van der Waals surface area (Å²) in [5, 5.41) is 0. The Hall–Kier alpha value is -9.77. The summed E-state index contributed by atoms with van der Waals surface area (Å²) < 4.78 is 0. The van der Waals surface area contributed by atoms with Crippen LogP contribution in [0.4, 0.5) is 17.1 Å². The van der Waals surface area contributed by atoms with Gasteiger partial charge in [-0.25, -0.2) is 15.0 Å². The molecular weight excluding hydrogens is 885 g/mol. The first-order valence-corrected chi connectivity index (χ1v) is 24.7. The smallest absolute Gasteiger partial charge is 0.166 e. The van der Waals surface area contributed by atoms with Gasteiger partial charge < -0.3 is 4.90 Å². The zero-order chi connectivity index (χ0) is 48.8. The van der Waals surface area contributed by atoms with Crippen LogP contribution in [0.25, 0.3) is 101 Å². The van der Waals surface area contributed by atoms with E-state index < -0.39 is 0 Å². The van der Waals surface area contributed by atoms with E-state index in [0.717, 1.165) is 101 Å². The van der Waals surface area contributed by atoms with Crippen LogP contribution in [0.15, 0.2) is 291 Å². The van der Waals surface area contributed by atoms with Gasteiger partial charge >= 0.3 is 0 Å². The highest BCUT2D eigenvalue weighted by atomic mass is 15.2. The molecule has 12 rings (SSSR count). The van der Waals surface area contributed by atoms with Crippen molar-refractivity contribution < 1.29 is 0 Å². The number of aromatic nitrogens is 3. The van der Waals surface area contributed by atoms with Crippen LogP contribution < -0.4 is 4.90 Å². The van der Waals surface area contributed by atoms with E-state index in [2.05, 4.69) is 260 Å². The minimum Gasteiger partial charge on any atom is -0.309 e. The summed E-state index contributed by atoms with van der Waals surface area (Å²) in [4.78, 5) is 19.1. The van der Waals surface area contributed by atoms with Gasteiger partial charge in [-0.05, 0) is 74.3 Å². The predicted molar refractivity (Wildman–Crippen MR) is 303 cm³/mol. The standard InChI is InChI=1S/C69H48N4/c1-9-27-49(28-10-1)57-43-25-45-59(47-57)73(60-46-26-44-58(48-60)50-29-11-2-12-30-50)66-64(54-37-19-6-20-38-54)62(52-33-15-4-16-34-52)61(51-31-13-3-14-32-51)63(53-35-17-5-18-36-53)65(66)69-71-67(55-39-21-7-22-40-55)70-68(72-69)56-41-23-8-24-42-56/h1-48H. The fraction of sp³-hybridized carbons (Fsp3) is 0. The van der Waals surface area contributed by atoms with E-state index in [-0.39, 0.29) is 0 Å². The lowest BCUT2D eigenvalue weighted by molar-refractivity contribution is 1.07. The Morgan fingerprint density at radius 3 is 0.808 bits per heavy atom. The molecule has 4 heteroatoms. The molecule has 0 N–H and O–H groups in total. The van der Waals surface area contributed by atoms with Gasteiger partial charge in [0, 0.05) is 39.2 Å². The van der Waals surface area contributed by atoms with Crippen LogP contribution in [-0.2, 0) is 0 Å². The van der Waals surface area contributed by atoms with Crippen molar-refractivity contribution in [2.45, 2.75) is 0 Å². The Bertz CT molecular complexity index is 3660. The number of hydrogen-bond donors (Lipinski definition) is 0. The topological polar surface area (TPSA) is 41.9 Å². The molecule has 0 aliphatic rings. The van der Waals surface area contributed by atoms with Gasteiger partial charge in [0.25, 0.3) is 0 Å². The minimum absolute atomic E-state index is 0.541. The molecule has 0 saturated carbocycles. The Morgan fingerprint density at radius 2 is 0.452 bits per heavy atom. The van der Waals surface area contributed by atoms with Gasteiger partial charge in [0.15, 0.2) is 17.5 Å². The fourth-order valence-electron chi connectivity index (χ4n) is 9.98. The van der Waals surface area contributed by atoms with Crippen molar-refractivity contribution in [1.29, 1.82) is 0 Å². The molecule has 0 spiro atoms. The number of benzene rings is 11. The second-order valence-electron chi connectivity index (χ2n) is 17.9. The minimum atomic E-state index is 0.541. The maximum atomic E-state index is 5.67. The highest BCUT2D eigenvalue weighted by Crippen LogP contribution is 2.58. The monoisotopic (exact) mass is 932 g/mol. The molecule has 0 amide bonds. The van der Waals surface area contributed by atoms with Crippen LogP contribution in [0.3, 0.4) is 0 Å². The Balaban J connectivity index is 1.34.